The molecule has 1 unspecified atom stereocenters. The number of halogens is 2. The molecule has 6 heteroatoms. The summed E-state index contributed by atoms with van der Waals surface area (Å²) in [6.45, 7) is 2.88. The van der Waals surface area contributed by atoms with E-state index in [9.17, 15) is 0 Å². The van der Waals surface area contributed by atoms with Crippen molar-refractivity contribution >= 4 is 40.4 Å². The molecule has 1 fully saturated rings. The van der Waals surface area contributed by atoms with E-state index >= 15 is 0 Å². The fraction of sp³-hybridized carbons (Fsp3) is 0.417. The number of benzene rings is 1. The van der Waals surface area contributed by atoms with Crippen LogP contribution in [0.15, 0.2) is 18.2 Å². The monoisotopic (exact) mass is 304 g/mol. The fourth-order valence-electron chi connectivity index (χ4n) is 1.93. The Kier molecular flexibility index (Phi) is 4.81. The van der Waals surface area contributed by atoms with Gasteiger partial charge in [-0.1, -0.05) is 47.6 Å². The lowest BCUT2D eigenvalue weighted by molar-refractivity contribution is 0.00392. The van der Waals surface area contributed by atoms with Crippen molar-refractivity contribution in [1.82, 2.24) is 4.90 Å². The maximum absolute atomic E-state index is 6.17. The Morgan fingerprint density at radius 1 is 1.50 bits per heavy atom. The molecule has 1 aliphatic heterocycles. The molecule has 0 bridgehead atoms. The van der Waals surface area contributed by atoms with Gasteiger partial charge in [0.1, 0.15) is 11.1 Å². The van der Waals surface area contributed by atoms with Gasteiger partial charge < -0.3 is 10.5 Å². The summed E-state index contributed by atoms with van der Waals surface area (Å²) in [6, 6.07) is 5.65. The quantitative estimate of drug-likeness (QED) is 0.871. The molecule has 98 valence electrons. The van der Waals surface area contributed by atoms with E-state index in [1.54, 1.807) is 6.07 Å². The average Bonchev–Trinajstić information content (AvgIpc) is 2.35. The number of thiocarbonyl (C=S) groups is 1. The minimum Gasteiger partial charge on any atom is -0.391 e. The van der Waals surface area contributed by atoms with Gasteiger partial charge in [0.05, 0.1) is 16.7 Å². The Labute approximate surface area is 122 Å². The summed E-state index contributed by atoms with van der Waals surface area (Å²) in [5.41, 5.74) is 6.62. The third-order valence-corrected chi connectivity index (χ3v) is 4.01. The van der Waals surface area contributed by atoms with Crippen LogP contribution in [0, 0.1) is 0 Å². The molecule has 1 aliphatic rings. The first-order chi connectivity index (χ1) is 8.58. The Balaban J connectivity index is 2.05. The lowest BCUT2D eigenvalue weighted by Gasteiger charge is -2.32. The first-order valence-corrected chi connectivity index (χ1v) is 6.80. The third-order valence-electron chi connectivity index (χ3n) is 2.89. The van der Waals surface area contributed by atoms with Gasteiger partial charge in [-0.15, -0.1) is 0 Å². The molecule has 2 N–H and O–H groups in total. The number of rotatable bonds is 3. The van der Waals surface area contributed by atoms with Crippen LogP contribution in [0.3, 0.4) is 0 Å². The van der Waals surface area contributed by atoms with E-state index in [-0.39, 0.29) is 6.10 Å². The lowest BCUT2D eigenvalue weighted by atomic mass is 10.2. The maximum Gasteiger partial charge on any atom is 0.120 e. The van der Waals surface area contributed by atoms with Crippen LogP contribution in [0.1, 0.15) is 5.56 Å². The van der Waals surface area contributed by atoms with E-state index in [0.29, 0.717) is 28.2 Å². The van der Waals surface area contributed by atoms with Crippen molar-refractivity contribution in [3.05, 3.63) is 33.8 Å². The van der Waals surface area contributed by atoms with Crippen LogP contribution in [0.2, 0.25) is 10.0 Å². The molecule has 18 heavy (non-hydrogen) atoms. The molecular weight excluding hydrogens is 291 g/mol. The van der Waals surface area contributed by atoms with Gasteiger partial charge >= 0.3 is 0 Å². The second-order valence-electron chi connectivity index (χ2n) is 4.21. The summed E-state index contributed by atoms with van der Waals surface area (Å²) >= 11 is 17.1. The van der Waals surface area contributed by atoms with Gasteiger partial charge in [-0.05, 0) is 11.6 Å². The predicted octanol–water partition coefficient (Wildman–Crippen LogP) is 2.48. The van der Waals surface area contributed by atoms with E-state index in [1.807, 2.05) is 12.1 Å². The van der Waals surface area contributed by atoms with Gasteiger partial charge in [-0.2, -0.15) is 0 Å². The highest BCUT2D eigenvalue weighted by molar-refractivity contribution is 7.80. The van der Waals surface area contributed by atoms with Crippen molar-refractivity contribution in [2.24, 2.45) is 5.73 Å². The van der Waals surface area contributed by atoms with Crippen LogP contribution in [-0.4, -0.2) is 35.7 Å². The van der Waals surface area contributed by atoms with E-state index in [0.717, 1.165) is 18.7 Å². The number of nitrogens with two attached hydrogens (primary N) is 1. The van der Waals surface area contributed by atoms with Crippen molar-refractivity contribution in [3.8, 4) is 0 Å². The first kappa shape index (κ1) is 14.0. The van der Waals surface area contributed by atoms with Crippen LogP contribution in [0.25, 0.3) is 0 Å². The SMILES string of the molecule is NC(=S)C1CN(Cc2cccc(Cl)c2Cl)CCO1. The number of hydrogen-bond donors (Lipinski definition) is 1. The highest BCUT2D eigenvalue weighted by Gasteiger charge is 2.23. The Hall–Kier alpha value is -0.390. The van der Waals surface area contributed by atoms with Crippen LogP contribution in [-0.2, 0) is 11.3 Å². The van der Waals surface area contributed by atoms with Crippen molar-refractivity contribution in [2.75, 3.05) is 19.7 Å². The summed E-state index contributed by atoms with van der Waals surface area (Å²) < 4.78 is 5.49. The normalized spacial score (nSPS) is 20.9. The van der Waals surface area contributed by atoms with Crippen LogP contribution < -0.4 is 5.73 Å². The van der Waals surface area contributed by atoms with Crippen molar-refractivity contribution in [1.29, 1.82) is 0 Å². The topological polar surface area (TPSA) is 38.5 Å². The molecule has 0 spiro atoms. The second kappa shape index (κ2) is 6.17. The van der Waals surface area contributed by atoms with Crippen LogP contribution >= 0.6 is 35.4 Å². The van der Waals surface area contributed by atoms with Crippen molar-refractivity contribution < 1.29 is 4.74 Å². The molecule has 2 rings (SSSR count). The first-order valence-electron chi connectivity index (χ1n) is 5.64. The largest absolute Gasteiger partial charge is 0.391 e. The summed E-state index contributed by atoms with van der Waals surface area (Å²) in [5, 5.41) is 1.19. The summed E-state index contributed by atoms with van der Waals surface area (Å²) in [4.78, 5) is 2.61. The molecule has 0 radical (unpaired) electrons. The van der Waals surface area contributed by atoms with Gasteiger partial charge in [-0.3, -0.25) is 4.90 Å². The van der Waals surface area contributed by atoms with Gasteiger partial charge in [-0.25, -0.2) is 0 Å². The highest BCUT2D eigenvalue weighted by atomic mass is 35.5. The molecular formula is C12H14Cl2N2OS. The maximum atomic E-state index is 6.17. The Morgan fingerprint density at radius 2 is 2.28 bits per heavy atom. The fourth-order valence-corrected chi connectivity index (χ4v) is 2.45. The molecule has 1 saturated heterocycles. The van der Waals surface area contributed by atoms with Crippen molar-refractivity contribution in [3.63, 3.8) is 0 Å². The molecule has 1 aromatic carbocycles. The molecule has 3 nitrogen and oxygen atoms in total. The summed E-state index contributed by atoms with van der Waals surface area (Å²) in [7, 11) is 0. The van der Waals surface area contributed by atoms with Crippen LogP contribution in [0.5, 0.6) is 0 Å². The van der Waals surface area contributed by atoms with Gasteiger partial charge in [0, 0.05) is 19.6 Å². The van der Waals surface area contributed by atoms with E-state index < -0.39 is 0 Å². The third kappa shape index (κ3) is 3.33. The number of nitrogens with zero attached hydrogens (tertiary/aromatic N) is 1. The average molecular weight is 305 g/mol. The Bertz CT molecular complexity index is 456. The van der Waals surface area contributed by atoms with Gasteiger partial charge in [0.2, 0.25) is 0 Å². The molecule has 0 saturated carbocycles. The van der Waals surface area contributed by atoms with Crippen molar-refractivity contribution in [2.45, 2.75) is 12.6 Å². The van der Waals surface area contributed by atoms with Gasteiger partial charge in [0.15, 0.2) is 0 Å². The zero-order valence-corrected chi connectivity index (χ0v) is 12.1. The van der Waals surface area contributed by atoms with Crippen LogP contribution in [0.4, 0.5) is 0 Å². The standard InChI is InChI=1S/C12H14Cl2N2OS/c13-9-3-1-2-8(11(9)14)6-16-4-5-17-10(7-16)12(15)18/h1-3,10H,4-7H2,(H2,15,18). The van der Waals surface area contributed by atoms with E-state index in [4.69, 9.17) is 45.9 Å². The predicted molar refractivity (Wildman–Crippen MR) is 78.3 cm³/mol. The molecule has 0 aromatic heterocycles. The number of hydrogen-bond acceptors (Lipinski definition) is 3. The molecule has 0 amide bonds. The second-order valence-corrected chi connectivity index (χ2v) is 5.47. The molecule has 1 heterocycles. The zero-order valence-electron chi connectivity index (χ0n) is 9.73. The summed E-state index contributed by atoms with van der Waals surface area (Å²) in [6.07, 6.45) is -0.174. The molecule has 1 aromatic rings. The van der Waals surface area contributed by atoms with E-state index in [2.05, 4.69) is 4.90 Å². The minimum atomic E-state index is -0.174. The van der Waals surface area contributed by atoms with E-state index in [1.165, 1.54) is 0 Å². The van der Waals surface area contributed by atoms with Gasteiger partial charge in [0.25, 0.3) is 0 Å². The highest BCUT2D eigenvalue weighted by Crippen LogP contribution is 2.26. The number of ether oxygens (including phenoxy) is 1. The molecule has 0 aliphatic carbocycles. The minimum absolute atomic E-state index is 0.174. The number of morpholine rings is 1. The molecule has 1 atom stereocenters. The Morgan fingerprint density at radius 3 is 3.00 bits per heavy atom. The zero-order chi connectivity index (χ0) is 13.1. The lowest BCUT2D eigenvalue weighted by Crippen LogP contribution is -2.47. The summed E-state index contributed by atoms with van der Waals surface area (Å²) in [5.74, 6) is 0. The smallest absolute Gasteiger partial charge is 0.120 e.